The fourth-order valence-corrected chi connectivity index (χ4v) is 1.54. The number of rotatable bonds is 5. The summed E-state index contributed by atoms with van der Waals surface area (Å²) in [5, 5.41) is 3.50. The van der Waals surface area contributed by atoms with Gasteiger partial charge in [0.25, 0.3) is 0 Å². The van der Waals surface area contributed by atoms with Gasteiger partial charge in [-0.2, -0.15) is 0 Å². The van der Waals surface area contributed by atoms with E-state index in [1.807, 2.05) is 18.5 Å². The zero-order valence-electron chi connectivity index (χ0n) is 10.2. The minimum absolute atomic E-state index is 0.523. The van der Waals surface area contributed by atoms with Gasteiger partial charge < -0.3 is 5.32 Å². The van der Waals surface area contributed by atoms with E-state index in [1.165, 1.54) is 18.4 Å². The molecule has 2 heteroatoms. The molecule has 15 heavy (non-hydrogen) atoms. The number of hydrogen-bond acceptors (Lipinski definition) is 2. The number of nitrogens with zero attached hydrogens (tertiary/aromatic N) is 1. The highest BCUT2D eigenvalue weighted by Crippen LogP contribution is 2.15. The average molecular weight is 206 g/mol. The van der Waals surface area contributed by atoms with Crippen molar-refractivity contribution in [2.45, 2.75) is 46.6 Å². The summed E-state index contributed by atoms with van der Waals surface area (Å²) in [5.41, 5.74) is 2.43. The molecule has 0 unspecified atom stereocenters. The van der Waals surface area contributed by atoms with Crippen molar-refractivity contribution in [2.24, 2.45) is 5.92 Å². The van der Waals surface area contributed by atoms with Crippen LogP contribution in [0.4, 0.5) is 5.69 Å². The summed E-state index contributed by atoms with van der Waals surface area (Å²) in [6.45, 7) is 8.87. The lowest BCUT2D eigenvalue weighted by atomic mass is 10.0. The Balaban J connectivity index is 2.44. The molecule has 0 saturated carbocycles. The van der Waals surface area contributed by atoms with Crippen LogP contribution >= 0.6 is 0 Å². The van der Waals surface area contributed by atoms with Gasteiger partial charge in [-0.05, 0) is 44.2 Å². The van der Waals surface area contributed by atoms with Crippen LogP contribution in [0.1, 0.15) is 39.2 Å². The van der Waals surface area contributed by atoms with Crippen molar-refractivity contribution < 1.29 is 0 Å². The van der Waals surface area contributed by atoms with Gasteiger partial charge in [-0.25, -0.2) is 0 Å². The summed E-state index contributed by atoms with van der Waals surface area (Å²) >= 11 is 0. The van der Waals surface area contributed by atoms with Crippen LogP contribution < -0.4 is 5.32 Å². The third kappa shape index (κ3) is 4.32. The second-order valence-electron chi connectivity index (χ2n) is 4.71. The average Bonchev–Trinajstić information content (AvgIpc) is 2.18. The van der Waals surface area contributed by atoms with E-state index in [9.17, 15) is 0 Å². The monoisotopic (exact) mass is 206 g/mol. The maximum absolute atomic E-state index is 4.13. The molecule has 2 nitrogen and oxygen atoms in total. The number of aromatic nitrogens is 1. The highest BCUT2D eigenvalue weighted by atomic mass is 14.9. The summed E-state index contributed by atoms with van der Waals surface area (Å²) in [4.78, 5) is 4.13. The molecular weight excluding hydrogens is 184 g/mol. The molecule has 0 spiro atoms. The Morgan fingerprint density at radius 2 is 2.00 bits per heavy atom. The third-order valence-corrected chi connectivity index (χ3v) is 2.62. The van der Waals surface area contributed by atoms with E-state index in [1.54, 1.807) is 0 Å². The SMILES string of the molecule is Cc1ccncc1N[C@@H](C)CCC(C)C. The minimum Gasteiger partial charge on any atom is -0.381 e. The number of anilines is 1. The lowest BCUT2D eigenvalue weighted by Crippen LogP contribution is -2.16. The molecule has 0 radical (unpaired) electrons. The fraction of sp³-hybridized carbons (Fsp3) is 0.615. The number of aryl methyl sites for hydroxylation is 1. The summed E-state index contributed by atoms with van der Waals surface area (Å²) < 4.78 is 0. The second kappa shape index (κ2) is 5.74. The maximum atomic E-state index is 4.13. The summed E-state index contributed by atoms with van der Waals surface area (Å²) in [5.74, 6) is 0.782. The standard InChI is InChI=1S/C13H22N2/c1-10(2)5-6-12(4)15-13-9-14-8-7-11(13)3/h7-10,12,15H,5-6H2,1-4H3/t12-/m0/s1. The van der Waals surface area contributed by atoms with Gasteiger partial charge >= 0.3 is 0 Å². The normalized spacial score (nSPS) is 12.9. The Morgan fingerprint density at radius 1 is 1.27 bits per heavy atom. The first kappa shape index (κ1) is 12.0. The largest absolute Gasteiger partial charge is 0.381 e. The first-order chi connectivity index (χ1) is 7.09. The molecule has 0 saturated heterocycles. The summed E-state index contributed by atoms with van der Waals surface area (Å²) in [6.07, 6.45) is 6.22. The van der Waals surface area contributed by atoms with Crippen LogP contribution in [0.3, 0.4) is 0 Å². The van der Waals surface area contributed by atoms with Crippen molar-refractivity contribution in [3.05, 3.63) is 24.0 Å². The van der Waals surface area contributed by atoms with Gasteiger partial charge in [0.15, 0.2) is 0 Å². The molecule has 0 aliphatic rings. The molecule has 84 valence electrons. The minimum atomic E-state index is 0.523. The molecule has 0 aromatic carbocycles. The lowest BCUT2D eigenvalue weighted by Gasteiger charge is -2.17. The Labute approximate surface area is 93.1 Å². The van der Waals surface area contributed by atoms with Crippen molar-refractivity contribution in [3.8, 4) is 0 Å². The number of nitrogens with one attached hydrogen (secondary N) is 1. The van der Waals surface area contributed by atoms with Crippen molar-refractivity contribution in [3.63, 3.8) is 0 Å². The first-order valence-electron chi connectivity index (χ1n) is 5.76. The van der Waals surface area contributed by atoms with Crippen molar-refractivity contribution in [2.75, 3.05) is 5.32 Å². The van der Waals surface area contributed by atoms with E-state index in [4.69, 9.17) is 0 Å². The highest BCUT2D eigenvalue weighted by molar-refractivity contribution is 5.48. The topological polar surface area (TPSA) is 24.9 Å². The van der Waals surface area contributed by atoms with Gasteiger partial charge in [0.2, 0.25) is 0 Å². The Bertz CT molecular complexity index is 294. The number of pyridine rings is 1. The summed E-state index contributed by atoms with van der Waals surface area (Å²) in [6, 6.07) is 2.56. The first-order valence-corrected chi connectivity index (χ1v) is 5.76. The molecule has 0 fully saturated rings. The smallest absolute Gasteiger partial charge is 0.0558 e. The van der Waals surface area contributed by atoms with E-state index < -0.39 is 0 Å². The molecule has 0 aliphatic heterocycles. The molecule has 1 N–H and O–H groups in total. The van der Waals surface area contributed by atoms with E-state index >= 15 is 0 Å². The maximum Gasteiger partial charge on any atom is 0.0558 e. The molecule has 1 heterocycles. The fourth-order valence-electron chi connectivity index (χ4n) is 1.54. The van der Waals surface area contributed by atoms with Gasteiger partial charge in [-0.15, -0.1) is 0 Å². The third-order valence-electron chi connectivity index (χ3n) is 2.62. The van der Waals surface area contributed by atoms with Crippen LogP contribution in [0.5, 0.6) is 0 Å². The van der Waals surface area contributed by atoms with Gasteiger partial charge in [0.05, 0.1) is 11.9 Å². The quantitative estimate of drug-likeness (QED) is 0.795. The molecule has 1 atom stereocenters. The van der Waals surface area contributed by atoms with Crippen LogP contribution in [-0.4, -0.2) is 11.0 Å². The van der Waals surface area contributed by atoms with Gasteiger partial charge in [0.1, 0.15) is 0 Å². The van der Waals surface area contributed by atoms with Gasteiger partial charge in [0, 0.05) is 12.2 Å². The number of hydrogen-bond donors (Lipinski definition) is 1. The predicted octanol–water partition coefficient (Wildman–Crippen LogP) is 3.63. The van der Waals surface area contributed by atoms with E-state index in [2.05, 4.69) is 38.0 Å². The van der Waals surface area contributed by atoms with Gasteiger partial charge in [-0.3, -0.25) is 4.98 Å². The van der Waals surface area contributed by atoms with E-state index in [-0.39, 0.29) is 0 Å². The van der Waals surface area contributed by atoms with Crippen LogP contribution in [0.15, 0.2) is 18.5 Å². The van der Waals surface area contributed by atoms with Crippen LogP contribution in [-0.2, 0) is 0 Å². The lowest BCUT2D eigenvalue weighted by molar-refractivity contribution is 0.527. The van der Waals surface area contributed by atoms with Crippen LogP contribution in [0.25, 0.3) is 0 Å². The molecule has 0 bridgehead atoms. The van der Waals surface area contributed by atoms with Gasteiger partial charge in [-0.1, -0.05) is 13.8 Å². The molecular formula is C13H22N2. The van der Waals surface area contributed by atoms with Crippen LogP contribution in [0, 0.1) is 12.8 Å². The molecule has 0 aliphatic carbocycles. The highest BCUT2D eigenvalue weighted by Gasteiger charge is 2.05. The van der Waals surface area contributed by atoms with Crippen molar-refractivity contribution in [1.82, 2.24) is 4.98 Å². The molecule has 1 aromatic rings. The second-order valence-corrected chi connectivity index (χ2v) is 4.71. The Hall–Kier alpha value is -1.05. The van der Waals surface area contributed by atoms with Crippen LogP contribution in [0.2, 0.25) is 0 Å². The van der Waals surface area contributed by atoms with E-state index in [0.717, 1.165) is 11.6 Å². The van der Waals surface area contributed by atoms with Crippen molar-refractivity contribution in [1.29, 1.82) is 0 Å². The molecule has 1 aromatic heterocycles. The Morgan fingerprint density at radius 3 is 2.60 bits per heavy atom. The predicted molar refractivity (Wildman–Crippen MR) is 66.1 cm³/mol. The zero-order valence-corrected chi connectivity index (χ0v) is 10.2. The van der Waals surface area contributed by atoms with E-state index in [0.29, 0.717) is 6.04 Å². The Kier molecular flexibility index (Phi) is 4.60. The molecule has 0 amide bonds. The zero-order chi connectivity index (χ0) is 11.3. The van der Waals surface area contributed by atoms with Crippen molar-refractivity contribution >= 4 is 5.69 Å². The summed E-state index contributed by atoms with van der Waals surface area (Å²) in [7, 11) is 0. The molecule has 1 rings (SSSR count).